The van der Waals surface area contributed by atoms with Crippen molar-refractivity contribution in [1.29, 1.82) is 0 Å². The van der Waals surface area contributed by atoms with E-state index in [1.165, 1.54) is 0 Å². The second kappa shape index (κ2) is 13.4. The van der Waals surface area contributed by atoms with E-state index >= 15 is 0 Å². The summed E-state index contributed by atoms with van der Waals surface area (Å²) < 4.78 is 0. The van der Waals surface area contributed by atoms with Crippen molar-refractivity contribution in [1.82, 2.24) is 0 Å². The Morgan fingerprint density at radius 1 is 1.13 bits per heavy atom. The lowest BCUT2D eigenvalue weighted by Gasteiger charge is -2.03. The number of hydrogen-bond acceptors (Lipinski definition) is 3. The minimum Gasteiger partial charge on any atom is -0.479 e. The number of aliphatic hydroxyl groups is 2. The van der Waals surface area contributed by atoms with Gasteiger partial charge in [-0.3, -0.25) is 0 Å². The Morgan fingerprint density at radius 3 is 2.00 bits per heavy atom. The molecule has 0 heterocycles. The molecule has 0 aromatic rings. The monoisotopic (exact) mass is 220 g/mol. The first-order valence-electron chi connectivity index (χ1n) is 5.61. The zero-order valence-electron chi connectivity index (χ0n) is 9.78. The lowest BCUT2D eigenvalue weighted by molar-refractivity contribution is -0.146. The second-order valence-corrected chi connectivity index (χ2v) is 3.43. The quantitative estimate of drug-likeness (QED) is 0.572. The van der Waals surface area contributed by atoms with Gasteiger partial charge in [0.15, 0.2) is 6.10 Å². The highest BCUT2D eigenvalue weighted by molar-refractivity contribution is 5.71. The van der Waals surface area contributed by atoms with E-state index in [1.807, 2.05) is 6.92 Å². The van der Waals surface area contributed by atoms with Gasteiger partial charge in [0, 0.05) is 6.61 Å². The minimum atomic E-state index is -1.16. The van der Waals surface area contributed by atoms with Gasteiger partial charge >= 0.3 is 5.97 Å². The summed E-state index contributed by atoms with van der Waals surface area (Å²) in [7, 11) is 0. The molecular weight excluding hydrogens is 196 g/mol. The normalized spacial score (nSPS) is 11.5. The van der Waals surface area contributed by atoms with Crippen LogP contribution in [0.4, 0.5) is 0 Å². The smallest absolute Gasteiger partial charge is 0.332 e. The average Bonchev–Trinajstić information content (AvgIpc) is 2.24. The third kappa shape index (κ3) is 16.1. The summed E-state index contributed by atoms with van der Waals surface area (Å²) >= 11 is 0. The van der Waals surface area contributed by atoms with Crippen LogP contribution in [0, 0.1) is 0 Å². The topological polar surface area (TPSA) is 77.8 Å². The Morgan fingerprint density at radius 2 is 1.67 bits per heavy atom. The molecule has 0 saturated carbocycles. The van der Waals surface area contributed by atoms with Crippen LogP contribution in [0.25, 0.3) is 0 Å². The molecule has 1 unspecified atom stereocenters. The highest BCUT2D eigenvalue weighted by Gasteiger charge is 2.11. The maximum Gasteiger partial charge on any atom is 0.332 e. The van der Waals surface area contributed by atoms with Crippen molar-refractivity contribution in [3.05, 3.63) is 0 Å². The van der Waals surface area contributed by atoms with Crippen LogP contribution >= 0.6 is 0 Å². The van der Waals surface area contributed by atoms with Crippen molar-refractivity contribution in [3.8, 4) is 0 Å². The molecule has 0 aliphatic heterocycles. The summed E-state index contributed by atoms with van der Waals surface area (Å²) in [6.07, 6.45) is 4.17. The van der Waals surface area contributed by atoms with Crippen LogP contribution in [0.15, 0.2) is 0 Å². The molecule has 4 nitrogen and oxygen atoms in total. The van der Waals surface area contributed by atoms with Gasteiger partial charge in [-0.2, -0.15) is 0 Å². The molecule has 1 atom stereocenters. The molecule has 0 aliphatic carbocycles. The summed E-state index contributed by atoms with van der Waals surface area (Å²) in [5, 5.41) is 25.0. The summed E-state index contributed by atoms with van der Waals surface area (Å²) in [5.74, 6) is -1.11. The Bertz CT molecular complexity index is 135. The van der Waals surface area contributed by atoms with Crippen molar-refractivity contribution < 1.29 is 20.1 Å². The van der Waals surface area contributed by atoms with Crippen LogP contribution in [0.2, 0.25) is 0 Å². The van der Waals surface area contributed by atoms with E-state index in [9.17, 15) is 4.79 Å². The molecule has 0 fully saturated rings. The van der Waals surface area contributed by atoms with Crippen LogP contribution < -0.4 is 0 Å². The molecule has 0 radical (unpaired) electrons. The van der Waals surface area contributed by atoms with Crippen LogP contribution in [0.5, 0.6) is 0 Å². The molecule has 0 aromatic carbocycles. The largest absolute Gasteiger partial charge is 0.479 e. The number of hydrogen-bond donors (Lipinski definition) is 3. The molecule has 15 heavy (non-hydrogen) atoms. The van der Waals surface area contributed by atoms with Crippen LogP contribution in [-0.4, -0.2) is 34.0 Å². The summed E-state index contributed by atoms with van der Waals surface area (Å²) in [6, 6.07) is 0. The Kier molecular flexibility index (Phi) is 15.0. The Labute approximate surface area is 91.9 Å². The van der Waals surface area contributed by atoms with Crippen LogP contribution in [-0.2, 0) is 4.79 Å². The number of aliphatic carboxylic acids is 1. The number of carboxylic acids is 1. The first-order chi connectivity index (χ1) is 7.09. The van der Waals surface area contributed by atoms with E-state index in [0.29, 0.717) is 13.0 Å². The zero-order chi connectivity index (χ0) is 12.1. The highest BCUT2D eigenvalue weighted by Crippen LogP contribution is 2.05. The fourth-order valence-corrected chi connectivity index (χ4v) is 0.888. The lowest BCUT2D eigenvalue weighted by Crippen LogP contribution is -2.18. The van der Waals surface area contributed by atoms with E-state index < -0.39 is 12.1 Å². The Hall–Kier alpha value is -0.610. The van der Waals surface area contributed by atoms with Crippen molar-refractivity contribution in [2.75, 3.05) is 6.61 Å². The van der Waals surface area contributed by atoms with Gasteiger partial charge in [-0.05, 0) is 12.8 Å². The average molecular weight is 220 g/mol. The molecule has 0 aromatic heterocycles. The number of carbonyl (C=O) groups is 1. The van der Waals surface area contributed by atoms with Crippen LogP contribution in [0.3, 0.4) is 0 Å². The van der Waals surface area contributed by atoms with Crippen molar-refractivity contribution in [2.24, 2.45) is 0 Å². The first kappa shape index (κ1) is 16.8. The SMILES string of the molecule is CCCCCCC(O)C(=O)O.CCCO. The molecule has 0 rings (SSSR count). The van der Waals surface area contributed by atoms with E-state index in [1.54, 1.807) is 0 Å². The van der Waals surface area contributed by atoms with Crippen molar-refractivity contribution in [2.45, 2.75) is 58.5 Å². The lowest BCUT2D eigenvalue weighted by atomic mass is 10.1. The summed E-state index contributed by atoms with van der Waals surface area (Å²) in [6.45, 7) is 4.34. The second-order valence-electron chi connectivity index (χ2n) is 3.43. The first-order valence-corrected chi connectivity index (χ1v) is 5.61. The number of aliphatic hydroxyl groups excluding tert-OH is 2. The fraction of sp³-hybridized carbons (Fsp3) is 0.909. The molecule has 0 saturated heterocycles. The molecule has 0 amide bonds. The predicted molar refractivity (Wildman–Crippen MR) is 59.8 cm³/mol. The van der Waals surface area contributed by atoms with Gasteiger partial charge in [0.2, 0.25) is 0 Å². The molecule has 0 bridgehead atoms. The molecular formula is C11H24O4. The molecule has 0 spiro atoms. The third-order valence-electron chi connectivity index (χ3n) is 1.84. The van der Waals surface area contributed by atoms with E-state index in [-0.39, 0.29) is 0 Å². The van der Waals surface area contributed by atoms with Gasteiger partial charge in [0.1, 0.15) is 0 Å². The van der Waals surface area contributed by atoms with E-state index in [4.69, 9.17) is 15.3 Å². The Balaban J connectivity index is 0. The summed E-state index contributed by atoms with van der Waals surface area (Å²) in [4.78, 5) is 10.1. The van der Waals surface area contributed by atoms with Gasteiger partial charge in [-0.1, -0.05) is 39.5 Å². The predicted octanol–water partition coefficient (Wildman–Crippen LogP) is 1.79. The summed E-state index contributed by atoms with van der Waals surface area (Å²) in [5.41, 5.74) is 0. The maximum atomic E-state index is 10.1. The molecule has 92 valence electrons. The standard InChI is InChI=1S/C8H16O3.C3H8O/c1-2-3-4-5-6-7(9)8(10)11;1-2-3-4/h7,9H,2-6H2,1H3,(H,10,11);4H,2-3H2,1H3. The maximum absolute atomic E-state index is 10.1. The van der Waals surface area contributed by atoms with Gasteiger partial charge in [-0.15, -0.1) is 0 Å². The molecule has 3 N–H and O–H groups in total. The van der Waals surface area contributed by atoms with Crippen molar-refractivity contribution >= 4 is 5.97 Å². The zero-order valence-corrected chi connectivity index (χ0v) is 9.78. The van der Waals surface area contributed by atoms with Crippen molar-refractivity contribution in [3.63, 3.8) is 0 Å². The molecule has 4 heteroatoms. The third-order valence-corrected chi connectivity index (χ3v) is 1.84. The fourth-order valence-electron chi connectivity index (χ4n) is 0.888. The van der Waals surface area contributed by atoms with Gasteiger partial charge in [0.05, 0.1) is 0 Å². The van der Waals surface area contributed by atoms with Crippen LogP contribution in [0.1, 0.15) is 52.4 Å². The minimum absolute atomic E-state index is 0.319. The van der Waals surface area contributed by atoms with E-state index in [2.05, 4.69) is 6.92 Å². The number of unbranched alkanes of at least 4 members (excludes halogenated alkanes) is 3. The van der Waals surface area contributed by atoms with Gasteiger partial charge in [-0.25, -0.2) is 4.79 Å². The highest BCUT2D eigenvalue weighted by atomic mass is 16.4. The number of rotatable bonds is 7. The number of carboxylic acid groups (broad SMARTS) is 1. The van der Waals surface area contributed by atoms with Gasteiger partial charge < -0.3 is 15.3 Å². The molecule has 0 aliphatic rings. The van der Waals surface area contributed by atoms with E-state index in [0.717, 1.165) is 32.1 Å². The van der Waals surface area contributed by atoms with Gasteiger partial charge in [0.25, 0.3) is 0 Å².